The lowest BCUT2D eigenvalue weighted by Crippen LogP contribution is -2.26. The molecule has 1 aromatic carbocycles. The molecular formula is C16H19NO2. The molecule has 1 unspecified atom stereocenters. The third-order valence-electron chi connectivity index (χ3n) is 3.49. The van der Waals surface area contributed by atoms with Crippen molar-refractivity contribution in [3.8, 4) is 5.75 Å². The van der Waals surface area contributed by atoms with Crippen LogP contribution < -0.4 is 4.74 Å². The van der Waals surface area contributed by atoms with Gasteiger partial charge in [0.05, 0.1) is 19.4 Å². The second kappa shape index (κ2) is 5.41. The van der Waals surface area contributed by atoms with E-state index >= 15 is 0 Å². The van der Waals surface area contributed by atoms with E-state index in [2.05, 4.69) is 4.98 Å². The molecule has 1 aromatic heterocycles. The molecule has 1 N–H and O–H groups in total. The van der Waals surface area contributed by atoms with Gasteiger partial charge in [0, 0.05) is 17.2 Å². The molecule has 0 saturated heterocycles. The highest BCUT2D eigenvalue weighted by atomic mass is 16.5. The number of aromatic nitrogens is 1. The Morgan fingerprint density at radius 3 is 2.47 bits per heavy atom. The van der Waals surface area contributed by atoms with Gasteiger partial charge >= 0.3 is 0 Å². The average molecular weight is 257 g/mol. The topological polar surface area (TPSA) is 42.4 Å². The summed E-state index contributed by atoms with van der Waals surface area (Å²) in [6.45, 7) is 4.04. The van der Waals surface area contributed by atoms with Crippen LogP contribution in [0.3, 0.4) is 0 Å². The van der Waals surface area contributed by atoms with Crippen molar-refractivity contribution >= 4 is 0 Å². The molecule has 0 fully saturated rings. The Kier molecular flexibility index (Phi) is 3.86. The zero-order valence-corrected chi connectivity index (χ0v) is 11.5. The van der Waals surface area contributed by atoms with Crippen molar-refractivity contribution in [2.75, 3.05) is 7.11 Å². The summed E-state index contributed by atoms with van der Waals surface area (Å²) in [5.74, 6) is 0.653. The minimum atomic E-state index is -0.641. The van der Waals surface area contributed by atoms with E-state index in [1.165, 1.54) is 0 Å². The quantitative estimate of drug-likeness (QED) is 0.915. The monoisotopic (exact) mass is 257 g/mol. The molecule has 0 saturated carbocycles. The highest BCUT2D eigenvalue weighted by molar-refractivity contribution is 5.32. The van der Waals surface area contributed by atoms with Crippen LogP contribution in [0.1, 0.15) is 31.1 Å². The van der Waals surface area contributed by atoms with E-state index in [9.17, 15) is 5.11 Å². The minimum Gasteiger partial charge on any atom is -0.495 e. The summed E-state index contributed by atoms with van der Waals surface area (Å²) >= 11 is 0. The zero-order valence-electron chi connectivity index (χ0n) is 11.5. The van der Waals surface area contributed by atoms with Crippen molar-refractivity contribution < 1.29 is 9.84 Å². The summed E-state index contributed by atoms with van der Waals surface area (Å²) in [7, 11) is 1.59. The number of ether oxygens (including phenoxy) is 1. The normalized spacial score (nSPS) is 13.1. The van der Waals surface area contributed by atoms with Gasteiger partial charge in [-0.2, -0.15) is 0 Å². The van der Waals surface area contributed by atoms with Crippen LogP contribution in [0.5, 0.6) is 5.75 Å². The lowest BCUT2D eigenvalue weighted by molar-refractivity contribution is 0.0996. The van der Waals surface area contributed by atoms with E-state index in [1.54, 1.807) is 19.5 Å². The van der Waals surface area contributed by atoms with Gasteiger partial charge in [0.15, 0.2) is 0 Å². The Morgan fingerprint density at radius 2 is 1.84 bits per heavy atom. The molecule has 0 radical (unpaired) electrons. The Morgan fingerprint density at radius 1 is 1.16 bits per heavy atom. The maximum atomic E-state index is 10.6. The maximum Gasteiger partial charge on any atom is 0.137 e. The molecule has 0 amide bonds. The summed E-state index contributed by atoms with van der Waals surface area (Å²) in [5, 5.41) is 10.6. The molecule has 2 rings (SSSR count). The van der Waals surface area contributed by atoms with Crippen molar-refractivity contribution in [1.82, 2.24) is 4.98 Å². The fourth-order valence-corrected chi connectivity index (χ4v) is 2.14. The lowest BCUT2D eigenvalue weighted by atomic mass is 9.77. The summed E-state index contributed by atoms with van der Waals surface area (Å²) in [6, 6.07) is 11.8. The van der Waals surface area contributed by atoms with E-state index < -0.39 is 11.5 Å². The standard InChI is InChI=1S/C16H19NO2/c1-16(2,13-7-5-4-6-8-13)15(18)12-9-14(19-3)11-17-10-12/h4-11,15,18H,1-3H3. The number of aliphatic hydroxyl groups excluding tert-OH is 1. The molecule has 2 aromatic rings. The van der Waals surface area contributed by atoms with Crippen LogP contribution in [0, 0.1) is 0 Å². The van der Waals surface area contributed by atoms with E-state index in [4.69, 9.17) is 4.74 Å². The Bertz CT molecular complexity index is 537. The van der Waals surface area contributed by atoms with Gasteiger partial charge < -0.3 is 9.84 Å². The number of methoxy groups -OCH3 is 1. The smallest absolute Gasteiger partial charge is 0.137 e. The second-order valence-electron chi connectivity index (χ2n) is 5.15. The lowest BCUT2D eigenvalue weighted by Gasteiger charge is -2.31. The first-order valence-corrected chi connectivity index (χ1v) is 6.28. The van der Waals surface area contributed by atoms with Gasteiger partial charge in [-0.1, -0.05) is 44.2 Å². The van der Waals surface area contributed by atoms with E-state index in [-0.39, 0.29) is 0 Å². The molecule has 1 heterocycles. The maximum absolute atomic E-state index is 10.6. The first-order valence-electron chi connectivity index (χ1n) is 6.28. The molecule has 0 bridgehead atoms. The first kappa shape index (κ1) is 13.6. The molecule has 19 heavy (non-hydrogen) atoms. The van der Waals surface area contributed by atoms with Crippen LogP contribution in [0.4, 0.5) is 0 Å². The van der Waals surface area contributed by atoms with Crippen LogP contribution in [0.25, 0.3) is 0 Å². The fraction of sp³-hybridized carbons (Fsp3) is 0.312. The van der Waals surface area contributed by atoms with Crippen molar-refractivity contribution in [2.24, 2.45) is 0 Å². The van der Waals surface area contributed by atoms with Gasteiger partial charge in [-0.05, 0) is 11.6 Å². The third kappa shape index (κ3) is 2.76. The SMILES string of the molecule is COc1cncc(C(O)C(C)(C)c2ccccc2)c1. The first-order chi connectivity index (χ1) is 9.05. The number of hydrogen-bond acceptors (Lipinski definition) is 3. The summed E-state index contributed by atoms with van der Waals surface area (Å²) in [6.07, 6.45) is 2.67. The number of hydrogen-bond donors (Lipinski definition) is 1. The van der Waals surface area contributed by atoms with Crippen LogP contribution in [0.15, 0.2) is 48.8 Å². The van der Waals surface area contributed by atoms with Crippen LogP contribution >= 0.6 is 0 Å². The van der Waals surface area contributed by atoms with E-state index in [0.29, 0.717) is 5.75 Å². The van der Waals surface area contributed by atoms with Gasteiger partial charge in [0.2, 0.25) is 0 Å². The van der Waals surface area contributed by atoms with Gasteiger partial charge in [-0.15, -0.1) is 0 Å². The largest absolute Gasteiger partial charge is 0.495 e. The molecule has 3 nitrogen and oxygen atoms in total. The van der Waals surface area contributed by atoms with Gasteiger partial charge in [0.25, 0.3) is 0 Å². The molecular weight excluding hydrogens is 238 g/mol. The van der Waals surface area contributed by atoms with E-state index in [0.717, 1.165) is 11.1 Å². The van der Waals surface area contributed by atoms with Crippen molar-refractivity contribution in [2.45, 2.75) is 25.4 Å². The third-order valence-corrected chi connectivity index (χ3v) is 3.49. The molecule has 1 atom stereocenters. The predicted molar refractivity (Wildman–Crippen MR) is 75.2 cm³/mol. The van der Waals surface area contributed by atoms with Crippen molar-refractivity contribution in [3.05, 3.63) is 59.9 Å². The Labute approximate surface area is 113 Å². The summed E-state index contributed by atoms with van der Waals surface area (Å²) < 4.78 is 5.15. The highest BCUT2D eigenvalue weighted by Gasteiger charge is 2.31. The second-order valence-corrected chi connectivity index (χ2v) is 5.15. The molecule has 100 valence electrons. The van der Waals surface area contributed by atoms with Crippen LogP contribution in [-0.4, -0.2) is 17.2 Å². The fourth-order valence-electron chi connectivity index (χ4n) is 2.14. The summed E-state index contributed by atoms with van der Waals surface area (Å²) in [4.78, 5) is 4.10. The molecule has 0 aliphatic carbocycles. The van der Waals surface area contributed by atoms with E-state index in [1.807, 2.05) is 50.2 Å². The van der Waals surface area contributed by atoms with Gasteiger partial charge in [-0.3, -0.25) is 4.98 Å². The van der Waals surface area contributed by atoms with Gasteiger partial charge in [-0.25, -0.2) is 0 Å². The number of aliphatic hydroxyl groups is 1. The summed E-state index contributed by atoms with van der Waals surface area (Å²) in [5.41, 5.74) is 1.45. The zero-order chi connectivity index (χ0) is 13.9. The number of pyridine rings is 1. The molecule has 0 aliphatic rings. The highest BCUT2D eigenvalue weighted by Crippen LogP contribution is 2.37. The molecule has 3 heteroatoms. The molecule has 0 spiro atoms. The molecule has 0 aliphatic heterocycles. The van der Waals surface area contributed by atoms with Crippen molar-refractivity contribution in [3.63, 3.8) is 0 Å². The Balaban J connectivity index is 2.34. The Hall–Kier alpha value is -1.87. The van der Waals surface area contributed by atoms with Crippen molar-refractivity contribution in [1.29, 1.82) is 0 Å². The number of benzene rings is 1. The average Bonchev–Trinajstić information content (AvgIpc) is 2.47. The van der Waals surface area contributed by atoms with Gasteiger partial charge in [0.1, 0.15) is 5.75 Å². The minimum absolute atomic E-state index is 0.394. The number of nitrogens with zero attached hydrogens (tertiary/aromatic N) is 1. The number of rotatable bonds is 4. The van der Waals surface area contributed by atoms with Crippen LogP contribution in [-0.2, 0) is 5.41 Å². The predicted octanol–water partition coefficient (Wildman–Crippen LogP) is 3.10. The van der Waals surface area contributed by atoms with Crippen LogP contribution in [0.2, 0.25) is 0 Å².